The number of hydrogen-bond donors (Lipinski definition) is 0. The molecule has 0 bridgehead atoms. The molecule has 0 amide bonds. The largest absolute Gasteiger partial charge is 0.437 e. The molecule has 0 aliphatic heterocycles. The molecule has 0 N–H and O–H groups in total. The summed E-state index contributed by atoms with van der Waals surface area (Å²) in [6, 6.07) is 19.2. The normalized spacial score (nSPS) is 14.1. The number of benzene rings is 2. The Morgan fingerprint density at radius 3 is 2.65 bits per heavy atom. The number of aryl methyl sites for hydroxylation is 1. The van der Waals surface area contributed by atoms with Crippen LogP contribution >= 0.6 is 0 Å². The molecule has 96 valence electrons. The third-order valence-electron chi connectivity index (χ3n) is 3.45. The summed E-state index contributed by atoms with van der Waals surface area (Å²) in [5.74, 6) is 0. The van der Waals surface area contributed by atoms with Crippen LogP contribution in [-0.4, -0.2) is 4.98 Å². The minimum Gasteiger partial charge on any atom is -0.437 e. The van der Waals surface area contributed by atoms with Gasteiger partial charge in [0.25, 0.3) is 0 Å². The number of furan rings is 1. The number of hydrogen-bond acceptors (Lipinski definition) is 2. The second-order valence-corrected chi connectivity index (χ2v) is 4.70. The van der Waals surface area contributed by atoms with Crippen molar-refractivity contribution in [3.8, 4) is 11.1 Å². The van der Waals surface area contributed by atoms with Gasteiger partial charge in [-0.3, -0.25) is 0 Å². The Bertz CT molecular complexity index is 1000. The fourth-order valence-corrected chi connectivity index (χ4v) is 2.52. The van der Waals surface area contributed by atoms with Gasteiger partial charge < -0.3 is 4.42 Å². The molecule has 2 nitrogen and oxygen atoms in total. The summed E-state index contributed by atoms with van der Waals surface area (Å²) in [6.07, 6.45) is 0. The predicted octanol–water partition coefficient (Wildman–Crippen LogP) is 4.96. The number of nitrogens with zero attached hydrogens (tertiary/aromatic N) is 1. The summed E-state index contributed by atoms with van der Waals surface area (Å²) in [7, 11) is 0. The van der Waals surface area contributed by atoms with Crippen molar-refractivity contribution in [3.05, 3.63) is 66.4 Å². The zero-order valence-electron chi connectivity index (χ0n) is 13.6. The van der Waals surface area contributed by atoms with E-state index in [0.717, 1.165) is 27.5 Å². The number of fused-ring (bicyclic) bond motifs is 3. The second kappa shape index (κ2) is 4.20. The molecule has 0 aliphatic carbocycles. The lowest BCUT2D eigenvalue weighted by Crippen LogP contribution is -1.78. The van der Waals surface area contributed by atoms with Crippen molar-refractivity contribution in [1.29, 1.82) is 0 Å². The van der Waals surface area contributed by atoms with Crippen molar-refractivity contribution >= 4 is 22.1 Å². The monoisotopic (exact) mass is 262 g/mol. The Morgan fingerprint density at radius 2 is 1.80 bits per heavy atom. The first-order chi connectivity index (χ1) is 11.0. The highest BCUT2D eigenvalue weighted by molar-refractivity contribution is 6.08. The summed E-state index contributed by atoms with van der Waals surface area (Å²) in [5, 5.41) is 1.76. The molecule has 0 atom stereocenters. The zero-order chi connectivity index (χ0) is 16.0. The van der Waals surface area contributed by atoms with Crippen LogP contribution in [0.15, 0.2) is 65.1 Å². The lowest BCUT2D eigenvalue weighted by molar-refractivity contribution is 0.653. The Kier molecular flexibility index (Phi) is 1.79. The van der Waals surface area contributed by atoms with Gasteiger partial charge in [0.05, 0.1) is 0 Å². The highest BCUT2D eigenvalue weighted by atomic mass is 16.3. The van der Waals surface area contributed by atoms with Crippen molar-refractivity contribution < 1.29 is 8.53 Å². The molecule has 2 heteroatoms. The van der Waals surface area contributed by atoms with Gasteiger partial charge in [-0.15, -0.1) is 0 Å². The smallest absolute Gasteiger partial charge is 0.227 e. The van der Waals surface area contributed by atoms with E-state index in [0.29, 0.717) is 5.71 Å². The van der Waals surface area contributed by atoms with Crippen LogP contribution in [0.3, 0.4) is 0 Å². The maximum absolute atomic E-state index is 7.49. The van der Waals surface area contributed by atoms with E-state index < -0.39 is 6.85 Å². The van der Waals surface area contributed by atoms with Gasteiger partial charge in [0.1, 0.15) is 5.58 Å². The predicted molar refractivity (Wildman–Crippen MR) is 81.7 cm³/mol. The number of para-hydroxylation sites is 1. The van der Waals surface area contributed by atoms with E-state index in [1.54, 1.807) is 12.1 Å². The molecule has 0 saturated heterocycles. The van der Waals surface area contributed by atoms with E-state index in [9.17, 15) is 0 Å². The van der Waals surface area contributed by atoms with E-state index in [1.807, 2.05) is 48.5 Å². The van der Waals surface area contributed by atoms with Gasteiger partial charge in [0, 0.05) is 26.1 Å². The van der Waals surface area contributed by atoms with Crippen LogP contribution < -0.4 is 0 Å². The van der Waals surface area contributed by atoms with Gasteiger partial charge in [0.2, 0.25) is 5.71 Å². The van der Waals surface area contributed by atoms with Crippen LogP contribution in [0.2, 0.25) is 0 Å². The maximum Gasteiger partial charge on any atom is 0.227 e. The molecule has 0 fully saturated rings. The molecule has 4 aromatic rings. The molecule has 0 spiro atoms. The Morgan fingerprint density at radius 1 is 0.900 bits per heavy atom. The molecule has 4 rings (SSSR count). The van der Waals surface area contributed by atoms with E-state index in [1.165, 1.54) is 0 Å². The van der Waals surface area contributed by atoms with Crippen molar-refractivity contribution in [2.24, 2.45) is 0 Å². The molecule has 2 aromatic heterocycles. The molecule has 0 saturated carbocycles. The van der Waals surface area contributed by atoms with Crippen LogP contribution in [0.4, 0.5) is 0 Å². The lowest BCUT2D eigenvalue weighted by atomic mass is 10.0. The van der Waals surface area contributed by atoms with Crippen LogP contribution in [0.5, 0.6) is 0 Å². The average molecular weight is 262 g/mol. The third-order valence-corrected chi connectivity index (χ3v) is 3.45. The van der Waals surface area contributed by atoms with Crippen LogP contribution in [-0.2, 0) is 0 Å². The molecular weight excluding hydrogens is 246 g/mol. The number of pyridine rings is 1. The number of aromatic nitrogens is 1. The van der Waals surface area contributed by atoms with Crippen molar-refractivity contribution in [2.75, 3.05) is 0 Å². The van der Waals surface area contributed by atoms with E-state index >= 15 is 0 Å². The molecule has 2 aromatic carbocycles. The summed E-state index contributed by atoms with van der Waals surface area (Å²) < 4.78 is 28.4. The highest BCUT2D eigenvalue weighted by Crippen LogP contribution is 2.34. The van der Waals surface area contributed by atoms with Crippen LogP contribution in [0.1, 0.15) is 9.81 Å². The first kappa shape index (κ1) is 8.54. The van der Waals surface area contributed by atoms with Crippen LogP contribution in [0.25, 0.3) is 33.2 Å². The Hall–Kier alpha value is -2.61. The Labute approximate surface area is 120 Å². The van der Waals surface area contributed by atoms with E-state index in [-0.39, 0.29) is 5.69 Å². The van der Waals surface area contributed by atoms with Gasteiger partial charge in [-0.25, -0.2) is 4.98 Å². The fourth-order valence-electron chi connectivity index (χ4n) is 2.52. The summed E-state index contributed by atoms with van der Waals surface area (Å²) in [4.78, 5) is 4.19. The first-order valence-electron chi connectivity index (χ1n) is 7.92. The second-order valence-electron chi connectivity index (χ2n) is 4.70. The topological polar surface area (TPSA) is 26.0 Å². The highest BCUT2D eigenvalue weighted by Gasteiger charge is 2.12. The van der Waals surface area contributed by atoms with E-state index in [4.69, 9.17) is 8.53 Å². The summed E-state index contributed by atoms with van der Waals surface area (Å²) >= 11 is 0. The summed E-state index contributed by atoms with van der Waals surface area (Å²) in [5.41, 5.74) is 3.15. The molecule has 2 heterocycles. The van der Waals surface area contributed by atoms with Crippen molar-refractivity contribution in [2.45, 2.75) is 6.85 Å². The number of rotatable bonds is 1. The van der Waals surface area contributed by atoms with Gasteiger partial charge in [-0.05, 0) is 24.5 Å². The van der Waals surface area contributed by atoms with E-state index in [2.05, 4.69) is 4.98 Å². The van der Waals surface area contributed by atoms with Gasteiger partial charge >= 0.3 is 0 Å². The third kappa shape index (κ3) is 1.62. The molecule has 0 aliphatic rings. The van der Waals surface area contributed by atoms with Gasteiger partial charge in [0.15, 0.2) is 0 Å². The van der Waals surface area contributed by atoms with Crippen molar-refractivity contribution in [3.63, 3.8) is 0 Å². The van der Waals surface area contributed by atoms with Gasteiger partial charge in [-0.2, -0.15) is 0 Å². The minimum atomic E-state index is -2.24. The minimum absolute atomic E-state index is 0.0466. The zero-order valence-corrected chi connectivity index (χ0v) is 10.6. The fraction of sp³-hybridized carbons (Fsp3) is 0.0556. The molecule has 0 radical (unpaired) electrons. The standard InChI is InChI=1S/C18H13NO/c1-12-10-11-16-15-9-5-8-14(13-6-3-2-4-7-13)17(15)20-18(16)19-12/h2-11H,1H3/i1D3. The SMILES string of the molecule is [2H]C([2H])([2H])c1ccc2c(n1)oc1c(-c3ccccc3)cccc12. The average Bonchev–Trinajstić information content (AvgIpc) is 2.92. The molecule has 0 unspecified atom stereocenters. The summed E-state index contributed by atoms with van der Waals surface area (Å²) in [6.45, 7) is -2.24. The quantitative estimate of drug-likeness (QED) is 0.484. The Balaban J connectivity index is 2.01. The van der Waals surface area contributed by atoms with Crippen molar-refractivity contribution in [1.82, 2.24) is 4.98 Å². The van der Waals surface area contributed by atoms with Gasteiger partial charge in [-0.1, -0.05) is 48.5 Å². The molecular formula is C18H13NO. The molecule has 20 heavy (non-hydrogen) atoms. The lowest BCUT2D eigenvalue weighted by Gasteiger charge is -2.01. The maximum atomic E-state index is 7.49. The van der Waals surface area contributed by atoms with Crippen LogP contribution in [0, 0.1) is 6.85 Å². The first-order valence-corrected chi connectivity index (χ1v) is 6.42.